The zero-order chi connectivity index (χ0) is 18.1. The van der Waals surface area contributed by atoms with E-state index >= 15 is 0 Å². The van der Waals surface area contributed by atoms with Crippen LogP contribution >= 0.6 is 0 Å². The third-order valence-electron chi connectivity index (χ3n) is 5.47. The first-order chi connectivity index (χ1) is 12.6. The zero-order valence-corrected chi connectivity index (χ0v) is 15.2. The highest BCUT2D eigenvalue weighted by Gasteiger charge is 2.28. The van der Waals surface area contributed by atoms with Gasteiger partial charge in [0.2, 0.25) is 0 Å². The Morgan fingerprint density at radius 3 is 2.50 bits per heavy atom. The average Bonchev–Trinajstić information content (AvgIpc) is 3.08. The molecule has 0 amide bonds. The van der Waals surface area contributed by atoms with E-state index in [9.17, 15) is 4.39 Å². The van der Waals surface area contributed by atoms with Gasteiger partial charge in [-0.3, -0.25) is 4.98 Å². The van der Waals surface area contributed by atoms with Gasteiger partial charge in [-0.2, -0.15) is 0 Å². The molecule has 1 aromatic carbocycles. The number of likely N-dealkylation sites (tertiary alicyclic amines) is 1. The lowest BCUT2D eigenvalue weighted by atomic mass is 9.84. The number of hydrogen-bond acceptors (Lipinski definition) is 2. The lowest BCUT2D eigenvalue weighted by molar-refractivity contribution is 0.194. The third kappa shape index (κ3) is 3.29. The SMILES string of the molecule is C[C@@H]1CN(C)CC[C@H]1c1cc(-c2ccncc2)c(-c2ccc(F)cc2)[nH]1. The minimum absolute atomic E-state index is 0.213. The maximum Gasteiger partial charge on any atom is 0.123 e. The molecule has 0 radical (unpaired) electrons. The number of aromatic amines is 1. The summed E-state index contributed by atoms with van der Waals surface area (Å²) in [5.74, 6) is 0.898. The minimum atomic E-state index is -0.213. The Morgan fingerprint density at radius 1 is 1.08 bits per heavy atom. The van der Waals surface area contributed by atoms with Gasteiger partial charge in [-0.1, -0.05) is 6.92 Å². The van der Waals surface area contributed by atoms with Crippen molar-refractivity contribution < 1.29 is 4.39 Å². The molecular weight excluding hydrogens is 325 g/mol. The summed E-state index contributed by atoms with van der Waals surface area (Å²) in [6.07, 6.45) is 4.78. The van der Waals surface area contributed by atoms with E-state index in [1.54, 1.807) is 0 Å². The number of nitrogens with zero attached hydrogens (tertiary/aromatic N) is 2. The number of benzene rings is 1. The van der Waals surface area contributed by atoms with Gasteiger partial charge in [0.05, 0.1) is 5.69 Å². The Balaban J connectivity index is 1.79. The number of nitrogens with one attached hydrogen (secondary N) is 1. The van der Waals surface area contributed by atoms with Crippen molar-refractivity contribution in [3.8, 4) is 22.4 Å². The van der Waals surface area contributed by atoms with E-state index in [2.05, 4.69) is 34.9 Å². The molecule has 1 aliphatic heterocycles. The molecular formula is C22H24FN3. The molecule has 3 heterocycles. The summed E-state index contributed by atoms with van der Waals surface area (Å²) >= 11 is 0. The van der Waals surface area contributed by atoms with Crippen LogP contribution in [0.1, 0.15) is 25.0 Å². The van der Waals surface area contributed by atoms with Gasteiger partial charge in [0.15, 0.2) is 0 Å². The van der Waals surface area contributed by atoms with Gasteiger partial charge in [-0.05, 0) is 79.5 Å². The molecule has 1 saturated heterocycles. The highest BCUT2D eigenvalue weighted by molar-refractivity contribution is 5.82. The van der Waals surface area contributed by atoms with Crippen molar-refractivity contribution in [3.05, 3.63) is 66.4 Å². The van der Waals surface area contributed by atoms with Crippen LogP contribution in [0.4, 0.5) is 4.39 Å². The summed E-state index contributed by atoms with van der Waals surface area (Å²) in [6, 6.07) is 13.0. The van der Waals surface area contributed by atoms with Crippen LogP contribution in [0.3, 0.4) is 0 Å². The second-order valence-corrected chi connectivity index (χ2v) is 7.39. The summed E-state index contributed by atoms with van der Waals surface area (Å²) in [5.41, 5.74) is 5.61. The Bertz CT molecular complexity index is 870. The molecule has 4 heteroatoms. The monoisotopic (exact) mass is 349 g/mol. The maximum atomic E-state index is 13.4. The van der Waals surface area contributed by atoms with Crippen LogP contribution in [0, 0.1) is 11.7 Å². The lowest BCUT2D eigenvalue weighted by Crippen LogP contribution is -2.35. The van der Waals surface area contributed by atoms with E-state index in [0.29, 0.717) is 11.8 Å². The zero-order valence-electron chi connectivity index (χ0n) is 15.2. The molecule has 1 aliphatic rings. The summed E-state index contributed by atoms with van der Waals surface area (Å²) < 4.78 is 13.4. The summed E-state index contributed by atoms with van der Waals surface area (Å²) in [4.78, 5) is 10.2. The first-order valence-corrected chi connectivity index (χ1v) is 9.19. The standard InChI is InChI=1S/C22H24FN3/c1-15-14-26(2)12-9-19(15)21-13-20(16-7-10-24-11-8-16)22(25-21)17-3-5-18(23)6-4-17/h3-8,10-11,13,15,19,25H,9,12,14H2,1-2H3/t15-,19-/m1/s1. The Labute approximate surface area is 153 Å². The normalized spacial score (nSPS) is 21.0. The fourth-order valence-electron chi connectivity index (χ4n) is 4.09. The quantitative estimate of drug-likeness (QED) is 0.726. The molecule has 134 valence electrons. The highest BCUT2D eigenvalue weighted by atomic mass is 19.1. The molecule has 26 heavy (non-hydrogen) atoms. The van der Waals surface area contributed by atoms with Gasteiger partial charge in [-0.25, -0.2) is 4.39 Å². The van der Waals surface area contributed by atoms with E-state index in [1.165, 1.54) is 17.8 Å². The predicted molar refractivity (Wildman–Crippen MR) is 103 cm³/mol. The second kappa shape index (κ2) is 7.04. The van der Waals surface area contributed by atoms with Crippen molar-refractivity contribution in [1.29, 1.82) is 0 Å². The molecule has 0 saturated carbocycles. The van der Waals surface area contributed by atoms with E-state index in [0.717, 1.165) is 41.9 Å². The fraction of sp³-hybridized carbons (Fsp3) is 0.318. The van der Waals surface area contributed by atoms with Crippen LogP contribution < -0.4 is 0 Å². The van der Waals surface area contributed by atoms with E-state index < -0.39 is 0 Å². The van der Waals surface area contributed by atoms with Crippen LogP contribution in [0.5, 0.6) is 0 Å². The van der Waals surface area contributed by atoms with Gasteiger partial charge in [0.1, 0.15) is 5.82 Å². The molecule has 1 N–H and O–H groups in total. The highest BCUT2D eigenvalue weighted by Crippen LogP contribution is 2.38. The number of pyridine rings is 1. The van der Waals surface area contributed by atoms with Crippen LogP contribution in [0.2, 0.25) is 0 Å². The topological polar surface area (TPSA) is 31.9 Å². The molecule has 1 fully saturated rings. The number of halogens is 1. The largest absolute Gasteiger partial charge is 0.358 e. The average molecular weight is 349 g/mol. The van der Waals surface area contributed by atoms with Gasteiger partial charge in [-0.15, -0.1) is 0 Å². The summed E-state index contributed by atoms with van der Waals surface area (Å²) in [6.45, 7) is 4.55. The minimum Gasteiger partial charge on any atom is -0.358 e. The summed E-state index contributed by atoms with van der Waals surface area (Å²) in [7, 11) is 2.19. The Hall–Kier alpha value is -2.46. The smallest absolute Gasteiger partial charge is 0.123 e. The second-order valence-electron chi connectivity index (χ2n) is 7.39. The van der Waals surface area contributed by atoms with Crippen LogP contribution in [0.25, 0.3) is 22.4 Å². The van der Waals surface area contributed by atoms with Gasteiger partial charge >= 0.3 is 0 Å². The van der Waals surface area contributed by atoms with Gasteiger partial charge < -0.3 is 9.88 Å². The summed E-state index contributed by atoms with van der Waals surface area (Å²) in [5, 5.41) is 0. The van der Waals surface area contributed by atoms with E-state index in [4.69, 9.17) is 0 Å². The van der Waals surface area contributed by atoms with Crippen molar-refractivity contribution in [3.63, 3.8) is 0 Å². The molecule has 3 nitrogen and oxygen atoms in total. The molecule has 0 bridgehead atoms. The van der Waals surface area contributed by atoms with Crippen molar-refractivity contribution in [2.75, 3.05) is 20.1 Å². The van der Waals surface area contributed by atoms with E-state index in [-0.39, 0.29) is 5.82 Å². The number of H-pyrrole nitrogens is 1. The van der Waals surface area contributed by atoms with Crippen molar-refractivity contribution in [2.45, 2.75) is 19.3 Å². The van der Waals surface area contributed by atoms with Crippen molar-refractivity contribution >= 4 is 0 Å². The molecule has 0 unspecified atom stereocenters. The van der Waals surface area contributed by atoms with E-state index in [1.807, 2.05) is 36.7 Å². The Kier molecular flexibility index (Phi) is 4.60. The molecule has 0 aliphatic carbocycles. The molecule has 3 aromatic rings. The van der Waals surface area contributed by atoms with Crippen molar-refractivity contribution in [1.82, 2.24) is 14.9 Å². The molecule has 0 spiro atoms. The third-order valence-corrected chi connectivity index (χ3v) is 5.47. The van der Waals surface area contributed by atoms with Gasteiger partial charge in [0.25, 0.3) is 0 Å². The fourth-order valence-corrected chi connectivity index (χ4v) is 4.09. The molecule has 2 aromatic heterocycles. The number of rotatable bonds is 3. The van der Waals surface area contributed by atoms with Crippen LogP contribution in [0.15, 0.2) is 54.9 Å². The molecule has 4 rings (SSSR count). The number of piperidine rings is 1. The van der Waals surface area contributed by atoms with Gasteiger partial charge in [0, 0.05) is 36.1 Å². The molecule has 2 atom stereocenters. The van der Waals surface area contributed by atoms with Crippen LogP contribution in [-0.2, 0) is 0 Å². The Morgan fingerprint density at radius 2 is 1.81 bits per heavy atom. The predicted octanol–water partition coefficient (Wildman–Crippen LogP) is 4.94. The first-order valence-electron chi connectivity index (χ1n) is 9.19. The number of hydrogen-bond donors (Lipinski definition) is 1. The maximum absolute atomic E-state index is 13.4. The van der Waals surface area contributed by atoms with Crippen LogP contribution in [-0.4, -0.2) is 35.0 Å². The first kappa shape index (κ1) is 17.0. The van der Waals surface area contributed by atoms with Crippen molar-refractivity contribution in [2.24, 2.45) is 5.92 Å². The number of aromatic nitrogens is 2. The lowest BCUT2D eigenvalue weighted by Gasteiger charge is -2.34.